The van der Waals surface area contributed by atoms with Gasteiger partial charge in [-0.05, 0) is 34.5 Å². The number of tetrazole rings is 1. The third kappa shape index (κ3) is 3.84. The molecule has 0 aliphatic rings. The molecular weight excluding hydrogens is 261 g/mol. The Bertz CT molecular complexity index is 540. The van der Waals surface area contributed by atoms with E-state index in [4.69, 9.17) is 0 Å². The number of amides is 1. The molecule has 0 fully saturated rings. The molecule has 0 saturated heterocycles. The highest BCUT2D eigenvalue weighted by atomic mass is 19.1. The highest BCUT2D eigenvalue weighted by molar-refractivity contribution is 5.76. The summed E-state index contributed by atoms with van der Waals surface area (Å²) in [6, 6.07) is 6.05. The molecule has 0 spiro atoms. The first kappa shape index (κ1) is 14.1. The van der Waals surface area contributed by atoms with Gasteiger partial charge < -0.3 is 5.32 Å². The van der Waals surface area contributed by atoms with Crippen LogP contribution in [0.25, 0.3) is 0 Å². The minimum atomic E-state index is -0.284. The van der Waals surface area contributed by atoms with Crippen molar-refractivity contribution in [2.45, 2.75) is 32.4 Å². The fraction of sp³-hybridized carbons (Fsp3) is 0.385. The van der Waals surface area contributed by atoms with Crippen LogP contribution in [0.5, 0.6) is 0 Å². The first-order chi connectivity index (χ1) is 9.69. The Morgan fingerprint density at radius 3 is 2.75 bits per heavy atom. The standard InChI is InChI=1S/C13H16FN5O/c1-2-12(10-3-5-11(14)6-4-10)16-13(20)7-8-19-9-15-17-18-19/h3-6,9,12H,2,7-8H2,1H3,(H,16,20)/t12-/m1/s1. The predicted octanol–water partition coefficient (Wildman–Crippen LogP) is 1.47. The van der Waals surface area contributed by atoms with Crippen LogP contribution in [0.4, 0.5) is 4.39 Å². The molecule has 2 rings (SSSR count). The molecule has 0 bridgehead atoms. The molecule has 106 valence electrons. The van der Waals surface area contributed by atoms with Crippen LogP contribution < -0.4 is 5.32 Å². The largest absolute Gasteiger partial charge is 0.349 e. The fourth-order valence-corrected chi connectivity index (χ4v) is 1.88. The van der Waals surface area contributed by atoms with Gasteiger partial charge in [-0.2, -0.15) is 0 Å². The van der Waals surface area contributed by atoms with Gasteiger partial charge in [0.2, 0.25) is 5.91 Å². The number of nitrogens with zero attached hydrogens (tertiary/aromatic N) is 4. The lowest BCUT2D eigenvalue weighted by Gasteiger charge is -2.17. The van der Waals surface area contributed by atoms with Crippen LogP contribution in [0.2, 0.25) is 0 Å². The predicted molar refractivity (Wildman–Crippen MR) is 70.0 cm³/mol. The molecule has 1 atom stereocenters. The molecule has 20 heavy (non-hydrogen) atoms. The molecule has 1 aromatic carbocycles. The minimum Gasteiger partial charge on any atom is -0.349 e. The lowest BCUT2D eigenvalue weighted by molar-refractivity contribution is -0.122. The van der Waals surface area contributed by atoms with Gasteiger partial charge >= 0.3 is 0 Å². The Morgan fingerprint density at radius 2 is 2.15 bits per heavy atom. The number of nitrogens with one attached hydrogen (secondary N) is 1. The van der Waals surface area contributed by atoms with E-state index in [0.29, 0.717) is 13.0 Å². The normalized spacial score (nSPS) is 12.1. The molecule has 7 heteroatoms. The summed E-state index contributed by atoms with van der Waals surface area (Å²) in [6.07, 6.45) is 2.50. The second kappa shape index (κ2) is 6.74. The van der Waals surface area contributed by atoms with Crippen LogP contribution >= 0.6 is 0 Å². The van der Waals surface area contributed by atoms with E-state index < -0.39 is 0 Å². The average molecular weight is 277 g/mol. The molecule has 1 N–H and O–H groups in total. The van der Waals surface area contributed by atoms with Crippen molar-refractivity contribution >= 4 is 5.91 Å². The zero-order chi connectivity index (χ0) is 14.4. The van der Waals surface area contributed by atoms with Gasteiger partial charge in [-0.1, -0.05) is 19.1 Å². The van der Waals surface area contributed by atoms with E-state index >= 15 is 0 Å². The molecule has 0 radical (unpaired) electrons. The van der Waals surface area contributed by atoms with Crippen molar-refractivity contribution in [2.24, 2.45) is 0 Å². The van der Waals surface area contributed by atoms with Gasteiger partial charge in [0.15, 0.2) is 0 Å². The summed E-state index contributed by atoms with van der Waals surface area (Å²) >= 11 is 0. The van der Waals surface area contributed by atoms with Gasteiger partial charge in [-0.15, -0.1) is 5.10 Å². The monoisotopic (exact) mass is 277 g/mol. The van der Waals surface area contributed by atoms with Crippen LogP contribution in [0.15, 0.2) is 30.6 Å². The van der Waals surface area contributed by atoms with Gasteiger partial charge in [0.25, 0.3) is 0 Å². The Morgan fingerprint density at radius 1 is 1.40 bits per heavy atom. The molecule has 1 heterocycles. The van der Waals surface area contributed by atoms with Crippen molar-refractivity contribution in [1.29, 1.82) is 0 Å². The van der Waals surface area contributed by atoms with E-state index in [-0.39, 0.29) is 17.8 Å². The SMILES string of the molecule is CC[C@@H](NC(=O)CCn1cnnn1)c1ccc(F)cc1. The summed E-state index contributed by atoms with van der Waals surface area (Å²) < 4.78 is 14.4. The number of hydrogen-bond donors (Lipinski definition) is 1. The number of carbonyl (C=O) groups is 1. The molecule has 0 aliphatic carbocycles. The molecule has 1 aromatic heterocycles. The fourth-order valence-electron chi connectivity index (χ4n) is 1.88. The second-order valence-corrected chi connectivity index (χ2v) is 4.40. The van der Waals surface area contributed by atoms with E-state index in [1.807, 2.05) is 6.92 Å². The minimum absolute atomic E-state index is 0.0864. The summed E-state index contributed by atoms with van der Waals surface area (Å²) in [7, 11) is 0. The van der Waals surface area contributed by atoms with Gasteiger partial charge in [0.1, 0.15) is 12.1 Å². The summed E-state index contributed by atoms with van der Waals surface area (Å²) in [5.74, 6) is -0.370. The third-order valence-electron chi connectivity index (χ3n) is 2.98. The lowest BCUT2D eigenvalue weighted by atomic mass is 10.0. The van der Waals surface area contributed by atoms with E-state index in [1.165, 1.54) is 23.1 Å². The Labute approximate surface area is 116 Å². The maximum absolute atomic E-state index is 12.9. The Kier molecular flexibility index (Phi) is 4.75. The average Bonchev–Trinajstić information content (AvgIpc) is 2.97. The van der Waals surface area contributed by atoms with Gasteiger partial charge in [0, 0.05) is 6.42 Å². The summed E-state index contributed by atoms with van der Waals surface area (Å²) in [5.41, 5.74) is 0.893. The second-order valence-electron chi connectivity index (χ2n) is 4.40. The molecule has 0 saturated carbocycles. The number of carbonyl (C=O) groups excluding carboxylic acids is 1. The quantitative estimate of drug-likeness (QED) is 0.867. The molecule has 0 unspecified atom stereocenters. The maximum atomic E-state index is 12.9. The number of halogens is 1. The number of rotatable bonds is 6. The van der Waals surface area contributed by atoms with Gasteiger partial charge in [-0.3, -0.25) is 4.79 Å². The topological polar surface area (TPSA) is 72.7 Å². The van der Waals surface area contributed by atoms with E-state index in [1.54, 1.807) is 12.1 Å². The van der Waals surface area contributed by atoms with Crippen molar-refractivity contribution in [2.75, 3.05) is 0 Å². The molecule has 6 nitrogen and oxygen atoms in total. The van der Waals surface area contributed by atoms with Crippen LogP contribution in [0.3, 0.4) is 0 Å². The first-order valence-corrected chi connectivity index (χ1v) is 6.44. The summed E-state index contributed by atoms with van der Waals surface area (Å²) in [5, 5.41) is 13.6. The van der Waals surface area contributed by atoms with Crippen molar-refractivity contribution in [3.8, 4) is 0 Å². The van der Waals surface area contributed by atoms with E-state index in [2.05, 4.69) is 20.8 Å². The zero-order valence-corrected chi connectivity index (χ0v) is 11.2. The van der Waals surface area contributed by atoms with Crippen LogP contribution in [0.1, 0.15) is 31.4 Å². The maximum Gasteiger partial charge on any atom is 0.222 e. The molecule has 1 amide bonds. The smallest absolute Gasteiger partial charge is 0.222 e. The van der Waals surface area contributed by atoms with Gasteiger partial charge in [0.05, 0.1) is 12.6 Å². The van der Waals surface area contributed by atoms with Gasteiger partial charge in [-0.25, -0.2) is 9.07 Å². The number of benzene rings is 1. The third-order valence-corrected chi connectivity index (χ3v) is 2.98. The van der Waals surface area contributed by atoms with Crippen molar-refractivity contribution in [1.82, 2.24) is 25.5 Å². The Hall–Kier alpha value is -2.31. The highest BCUT2D eigenvalue weighted by Crippen LogP contribution is 2.17. The van der Waals surface area contributed by atoms with E-state index in [0.717, 1.165) is 12.0 Å². The van der Waals surface area contributed by atoms with Crippen molar-refractivity contribution in [3.05, 3.63) is 42.0 Å². The highest BCUT2D eigenvalue weighted by Gasteiger charge is 2.12. The molecule has 2 aromatic rings. The van der Waals surface area contributed by atoms with Crippen LogP contribution in [-0.4, -0.2) is 26.1 Å². The summed E-state index contributed by atoms with van der Waals surface area (Å²) in [4.78, 5) is 11.9. The lowest BCUT2D eigenvalue weighted by Crippen LogP contribution is -2.29. The zero-order valence-electron chi connectivity index (χ0n) is 11.2. The van der Waals surface area contributed by atoms with E-state index in [9.17, 15) is 9.18 Å². The Balaban J connectivity index is 1.89. The van der Waals surface area contributed by atoms with Crippen LogP contribution in [0, 0.1) is 5.82 Å². The molecular formula is C13H16FN5O. The first-order valence-electron chi connectivity index (χ1n) is 6.44. The number of aryl methyl sites for hydroxylation is 1. The molecule has 0 aliphatic heterocycles. The number of hydrogen-bond acceptors (Lipinski definition) is 4. The number of aromatic nitrogens is 4. The summed E-state index contributed by atoms with van der Waals surface area (Å²) in [6.45, 7) is 2.40. The van der Waals surface area contributed by atoms with Crippen molar-refractivity contribution < 1.29 is 9.18 Å². The van der Waals surface area contributed by atoms with Crippen LogP contribution in [-0.2, 0) is 11.3 Å². The van der Waals surface area contributed by atoms with Crippen molar-refractivity contribution in [3.63, 3.8) is 0 Å².